The van der Waals surface area contributed by atoms with Crippen molar-refractivity contribution in [3.05, 3.63) is 131 Å². The lowest BCUT2D eigenvalue weighted by molar-refractivity contribution is -0.142. The lowest BCUT2D eigenvalue weighted by Crippen LogP contribution is -2.49. The summed E-state index contributed by atoms with van der Waals surface area (Å²) in [6.07, 6.45) is 0.291. The van der Waals surface area contributed by atoms with Crippen molar-refractivity contribution >= 4 is 23.4 Å². The van der Waals surface area contributed by atoms with Crippen LogP contribution >= 0.6 is 0 Å². The first-order chi connectivity index (χ1) is 19.9. The molecule has 6 heteroatoms. The second kappa shape index (κ2) is 10.7. The topological polar surface area (TPSA) is 66.9 Å². The number of aryl methyl sites for hydroxylation is 1. The summed E-state index contributed by atoms with van der Waals surface area (Å²) in [5.74, 6) is -0.960. The number of fused-ring (bicyclic) bond motifs is 1. The van der Waals surface area contributed by atoms with Gasteiger partial charge in [-0.25, -0.2) is 0 Å². The monoisotopic (exact) mass is 544 g/mol. The first kappa shape index (κ1) is 26.5. The van der Waals surface area contributed by atoms with Gasteiger partial charge in [0.25, 0.3) is 0 Å². The predicted molar refractivity (Wildman–Crippen MR) is 157 cm³/mol. The molecule has 41 heavy (non-hydrogen) atoms. The van der Waals surface area contributed by atoms with Crippen molar-refractivity contribution in [2.75, 3.05) is 12.0 Å². The standard InChI is InChI=1S/C35H32N2O4/c1-24-17-18-30-28(19-24)35(21-25-11-5-3-6-12-25,34(40)36(30)22-26-13-7-4-8-14-26)29-20-32(38)37(33(29)39)23-27-15-9-10-16-31(27)41-2/h3-19,29H,20-23H2,1-2H3/t29-,35+/m0/s1. The lowest BCUT2D eigenvalue weighted by Gasteiger charge is -2.34. The number of hydrogen-bond acceptors (Lipinski definition) is 4. The van der Waals surface area contributed by atoms with E-state index < -0.39 is 11.3 Å². The lowest BCUT2D eigenvalue weighted by atomic mass is 9.66. The van der Waals surface area contributed by atoms with Crippen LogP contribution in [0.4, 0.5) is 5.69 Å². The van der Waals surface area contributed by atoms with Gasteiger partial charge in [0.2, 0.25) is 17.7 Å². The van der Waals surface area contributed by atoms with Crippen LogP contribution in [0.15, 0.2) is 103 Å². The Hall–Kier alpha value is -4.71. The molecular weight excluding hydrogens is 512 g/mol. The molecule has 206 valence electrons. The van der Waals surface area contributed by atoms with Gasteiger partial charge in [-0.15, -0.1) is 0 Å². The van der Waals surface area contributed by atoms with E-state index in [2.05, 4.69) is 0 Å². The number of imide groups is 1. The summed E-state index contributed by atoms with van der Waals surface area (Å²) in [5.41, 5.74) is 4.07. The second-order valence-electron chi connectivity index (χ2n) is 10.9. The fourth-order valence-electron chi connectivity index (χ4n) is 6.42. The zero-order chi connectivity index (χ0) is 28.6. The summed E-state index contributed by atoms with van der Waals surface area (Å²) in [6.45, 7) is 2.47. The minimum absolute atomic E-state index is 0.0287. The van der Waals surface area contributed by atoms with Crippen molar-refractivity contribution in [2.24, 2.45) is 5.92 Å². The van der Waals surface area contributed by atoms with Crippen LogP contribution in [0, 0.1) is 12.8 Å². The summed E-state index contributed by atoms with van der Waals surface area (Å²) in [6, 6.07) is 33.0. The van der Waals surface area contributed by atoms with Gasteiger partial charge in [-0.3, -0.25) is 19.3 Å². The summed E-state index contributed by atoms with van der Waals surface area (Å²) in [7, 11) is 1.57. The highest BCUT2D eigenvalue weighted by Gasteiger charge is 2.61. The highest BCUT2D eigenvalue weighted by molar-refractivity contribution is 6.14. The smallest absolute Gasteiger partial charge is 0.239 e. The van der Waals surface area contributed by atoms with Gasteiger partial charge >= 0.3 is 0 Å². The van der Waals surface area contributed by atoms with Crippen LogP contribution in [0.2, 0.25) is 0 Å². The van der Waals surface area contributed by atoms with E-state index in [-0.39, 0.29) is 30.7 Å². The average Bonchev–Trinajstić information content (AvgIpc) is 3.40. The molecule has 0 aromatic heterocycles. The fourth-order valence-corrected chi connectivity index (χ4v) is 6.42. The molecule has 6 rings (SSSR count). The molecular formula is C35H32N2O4. The van der Waals surface area contributed by atoms with Gasteiger partial charge in [0.05, 0.1) is 31.5 Å². The van der Waals surface area contributed by atoms with Crippen molar-refractivity contribution in [1.82, 2.24) is 4.90 Å². The van der Waals surface area contributed by atoms with E-state index >= 15 is 0 Å². The van der Waals surface area contributed by atoms with Gasteiger partial charge < -0.3 is 9.64 Å². The molecule has 0 saturated carbocycles. The molecule has 2 atom stereocenters. The molecule has 0 aliphatic carbocycles. The van der Waals surface area contributed by atoms with Crippen LogP contribution in [0.3, 0.4) is 0 Å². The Bertz CT molecular complexity index is 1620. The van der Waals surface area contributed by atoms with Gasteiger partial charge in [-0.2, -0.15) is 0 Å². The van der Waals surface area contributed by atoms with Crippen molar-refractivity contribution in [3.63, 3.8) is 0 Å². The van der Waals surface area contributed by atoms with Gasteiger partial charge in [-0.1, -0.05) is 96.6 Å². The van der Waals surface area contributed by atoms with Crippen molar-refractivity contribution in [3.8, 4) is 5.75 Å². The summed E-state index contributed by atoms with van der Waals surface area (Å²) >= 11 is 0. The van der Waals surface area contributed by atoms with Gasteiger partial charge in [0.15, 0.2) is 0 Å². The molecule has 0 radical (unpaired) electrons. The number of para-hydroxylation sites is 1. The van der Waals surface area contributed by atoms with Crippen molar-refractivity contribution in [1.29, 1.82) is 0 Å². The number of likely N-dealkylation sites (tertiary alicyclic amines) is 1. The average molecular weight is 545 g/mol. The molecule has 3 amide bonds. The maximum absolute atomic E-state index is 14.8. The minimum Gasteiger partial charge on any atom is -0.496 e. The molecule has 6 nitrogen and oxygen atoms in total. The van der Waals surface area contributed by atoms with E-state index in [4.69, 9.17) is 4.74 Å². The van der Waals surface area contributed by atoms with E-state index in [1.807, 2.05) is 110 Å². The molecule has 0 unspecified atom stereocenters. The number of anilines is 1. The fraction of sp³-hybridized carbons (Fsp3) is 0.229. The van der Waals surface area contributed by atoms with Crippen LogP contribution in [-0.2, 0) is 39.3 Å². The number of hydrogen-bond donors (Lipinski definition) is 0. The molecule has 0 bridgehead atoms. The first-order valence-electron chi connectivity index (χ1n) is 13.9. The van der Waals surface area contributed by atoms with E-state index in [1.165, 1.54) is 4.90 Å². The Balaban J connectivity index is 1.47. The maximum Gasteiger partial charge on any atom is 0.239 e. The Labute approximate surface area is 240 Å². The number of amides is 3. The number of benzene rings is 4. The molecule has 0 N–H and O–H groups in total. The minimum atomic E-state index is -1.22. The third-order valence-corrected chi connectivity index (χ3v) is 8.42. The van der Waals surface area contributed by atoms with E-state index in [0.29, 0.717) is 18.7 Å². The van der Waals surface area contributed by atoms with Gasteiger partial charge in [0.1, 0.15) is 5.75 Å². The third kappa shape index (κ3) is 4.59. The van der Waals surface area contributed by atoms with Crippen LogP contribution in [0.1, 0.15) is 34.2 Å². The Kier molecular flexibility index (Phi) is 6.91. The van der Waals surface area contributed by atoms with Crippen molar-refractivity contribution < 1.29 is 19.1 Å². The first-order valence-corrected chi connectivity index (χ1v) is 13.9. The van der Waals surface area contributed by atoms with Gasteiger partial charge in [-0.05, 0) is 42.2 Å². The quantitative estimate of drug-likeness (QED) is 0.271. The molecule has 2 aliphatic rings. The van der Waals surface area contributed by atoms with Crippen molar-refractivity contribution in [2.45, 2.75) is 38.3 Å². The SMILES string of the molecule is COc1ccccc1CN1C(=O)C[C@H]([C@]2(Cc3ccccc3)C(=O)N(Cc3ccccc3)c3ccc(C)cc32)C1=O. The summed E-state index contributed by atoms with van der Waals surface area (Å²) in [4.78, 5) is 45.8. The zero-order valence-electron chi connectivity index (χ0n) is 23.2. The largest absolute Gasteiger partial charge is 0.496 e. The number of nitrogens with zero attached hydrogens (tertiary/aromatic N) is 2. The number of carbonyl (C=O) groups is 3. The molecule has 1 saturated heterocycles. The van der Waals surface area contributed by atoms with Crippen LogP contribution in [0.25, 0.3) is 0 Å². The van der Waals surface area contributed by atoms with Gasteiger partial charge in [0, 0.05) is 17.7 Å². The number of carbonyl (C=O) groups excluding carboxylic acids is 3. The molecule has 0 spiro atoms. The summed E-state index contributed by atoms with van der Waals surface area (Å²) < 4.78 is 5.49. The van der Waals surface area contributed by atoms with E-state index in [9.17, 15) is 14.4 Å². The van der Waals surface area contributed by atoms with Crippen LogP contribution in [-0.4, -0.2) is 29.7 Å². The van der Waals surface area contributed by atoms with Crippen LogP contribution < -0.4 is 9.64 Å². The number of rotatable bonds is 8. The van der Waals surface area contributed by atoms with E-state index in [1.54, 1.807) is 12.0 Å². The van der Waals surface area contributed by atoms with Crippen LogP contribution in [0.5, 0.6) is 5.75 Å². The molecule has 2 heterocycles. The number of methoxy groups -OCH3 is 1. The summed E-state index contributed by atoms with van der Waals surface area (Å²) in [5, 5.41) is 0. The van der Waals surface area contributed by atoms with E-state index in [0.717, 1.165) is 33.5 Å². The maximum atomic E-state index is 14.8. The molecule has 4 aromatic rings. The normalized spacial score (nSPS) is 20.0. The second-order valence-corrected chi connectivity index (χ2v) is 10.9. The third-order valence-electron chi connectivity index (χ3n) is 8.42. The Morgan fingerprint density at radius 1 is 0.780 bits per heavy atom. The Morgan fingerprint density at radius 3 is 2.15 bits per heavy atom. The highest BCUT2D eigenvalue weighted by atomic mass is 16.5. The number of ether oxygens (including phenoxy) is 1. The molecule has 1 fully saturated rings. The molecule has 2 aliphatic heterocycles. The Morgan fingerprint density at radius 2 is 1.44 bits per heavy atom. The molecule has 4 aromatic carbocycles. The highest BCUT2D eigenvalue weighted by Crippen LogP contribution is 2.52. The zero-order valence-corrected chi connectivity index (χ0v) is 23.2. The predicted octanol–water partition coefficient (Wildman–Crippen LogP) is 5.61.